The van der Waals surface area contributed by atoms with Gasteiger partial charge < -0.3 is 13.9 Å². The molecule has 0 saturated carbocycles. The molecule has 0 amide bonds. The van der Waals surface area contributed by atoms with Crippen LogP contribution < -0.4 is 9.30 Å². The first-order valence-corrected chi connectivity index (χ1v) is 24.0. The van der Waals surface area contributed by atoms with E-state index in [-0.39, 0.29) is 32.7 Å². The molecule has 0 unspecified atom stereocenters. The van der Waals surface area contributed by atoms with Gasteiger partial charge in [-0.1, -0.05) is 172 Å². The summed E-state index contributed by atoms with van der Waals surface area (Å²) in [6.45, 7) is 6.65. The van der Waals surface area contributed by atoms with Crippen molar-refractivity contribution in [2.24, 2.45) is 0 Å². The van der Waals surface area contributed by atoms with Crippen LogP contribution in [0.15, 0.2) is 225 Å². The van der Waals surface area contributed by atoms with Crippen LogP contribution in [0.1, 0.15) is 27.7 Å². The maximum absolute atomic E-state index is 10.2. The Kier molecular flexibility index (Phi) is 11.0. The third-order valence-corrected chi connectivity index (χ3v) is 13.7. The van der Waals surface area contributed by atoms with E-state index in [1.807, 2.05) is 30.5 Å². The zero-order chi connectivity index (χ0) is 48.5. The first-order valence-electron chi connectivity index (χ1n) is 24.5. The van der Waals surface area contributed by atoms with Crippen LogP contribution in [-0.2, 0) is 26.5 Å². The monoisotopic (exact) mass is 1110 g/mol. The maximum Gasteiger partial charge on any atom is 0.267 e. The van der Waals surface area contributed by atoms with E-state index in [0.29, 0.717) is 22.9 Å². The van der Waals surface area contributed by atoms with Crippen LogP contribution in [0.25, 0.3) is 106 Å². The van der Waals surface area contributed by atoms with Gasteiger partial charge in [0, 0.05) is 50.5 Å². The summed E-state index contributed by atoms with van der Waals surface area (Å²) in [7, 11) is 0. The van der Waals surface area contributed by atoms with Crippen LogP contribution in [-0.4, -0.2) is 14.1 Å². The molecule has 0 bridgehead atoms. The molecule has 4 heterocycles. The SMILES string of the molecule is [2H]c1c2[n+]([c-]n1-c1[c-]c(Oc3[c-]c4c(cc3)c3ccccc3n4-c3cc(C(C)(C)C)ccn3)ccc1)-c1c(-c3cc(-c4ccccc4)cc(-c4ccccc4)c3)cccc1-c1ccccc1-c1ccccc1-2.[Pt]. The minimum Gasteiger partial charge on any atom is -0.510 e. The van der Waals surface area contributed by atoms with Gasteiger partial charge in [0.15, 0.2) is 0 Å². The molecule has 348 valence electrons. The van der Waals surface area contributed by atoms with Crippen LogP contribution in [0.3, 0.4) is 0 Å². The van der Waals surface area contributed by atoms with E-state index in [1.165, 1.54) is 5.56 Å². The molecule has 13 rings (SSSR count). The summed E-state index contributed by atoms with van der Waals surface area (Å²) in [5.74, 6) is 1.84. The molecule has 0 atom stereocenters. The standard InChI is InChI=1S/C66H46N4O.Pt/c1-66(2,3)49-34-35-67-64(39-49)70-61-31-15-14-28-58(61)59-33-32-52(41-62(59)70)71-51-23-16-22-50(40-51)68-42-63-57-27-13-12-25-55(57)54-24-10-11-26-56(54)60-30-17-29-53(65(60)69(63)43-68)48-37-46(44-18-6-4-7-19-44)36-47(38-48)45-20-8-5-9-21-45;/h4-39,42H,1-3H3;/q-2;/i42D;. The molecular formula is C66H46N4OPt-2. The van der Waals surface area contributed by atoms with Crippen molar-refractivity contribution in [1.82, 2.24) is 14.1 Å². The second kappa shape index (κ2) is 18.1. The average molecular weight is 1110 g/mol. The zero-order valence-electron chi connectivity index (χ0n) is 40.8. The first-order chi connectivity index (χ1) is 35.2. The summed E-state index contributed by atoms with van der Waals surface area (Å²) in [5, 5.41) is 2.17. The Morgan fingerprint density at radius 2 is 1.10 bits per heavy atom. The summed E-state index contributed by atoms with van der Waals surface area (Å²) in [5.41, 5.74) is 17.1. The van der Waals surface area contributed by atoms with E-state index >= 15 is 0 Å². The number of hydrogen-bond acceptors (Lipinski definition) is 2. The number of pyridine rings is 1. The molecule has 72 heavy (non-hydrogen) atoms. The van der Waals surface area contributed by atoms with Crippen molar-refractivity contribution < 1.29 is 31.7 Å². The fourth-order valence-electron chi connectivity index (χ4n) is 10.2. The van der Waals surface area contributed by atoms with Gasteiger partial charge >= 0.3 is 0 Å². The van der Waals surface area contributed by atoms with Gasteiger partial charge in [-0.15, -0.1) is 29.7 Å². The van der Waals surface area contributed by atoms with Crippen LogP contribution in [0.5, 0.6) is 11.5 Å². The molecular weight excluding hydrogens is 1060 g/mol. The Hall–Kier alpha value is -8.37. The Balaban J connectivity index is 0.00000543. The van der Waals surface area contributed by atoms with E-state index < -0.39 is 0 Å². The Labute approximate surface area is 435 Å². The minimum atomic E-state index is -0.0529. The molecule has 0 aliphatic carbocycles. The Morgan fingerprint density at radius 1 is 0.514 bits per heavy atom. The van der Waals surface area contributed by atoms with Gasteiger partial charge in [-0.2, -0.15) is 18.2 Å². The van der Waals surface area contributed by atoms with Crippen molar-refractivity contribution in [2.45, 2.75) is 26.2 Å². The van der Waals surface area contributed by atoms with Gasteiger partial charge in [0.25, 0.3) is 6.33 Å². The molecule has 3 aromatic heterocycles. The third-order valence-electron chi connectivity index (χ3n) is 13.7. The fraction of sp³-hybridized carbons (Fsp3) is 0.0606. The molecule has 0 saturated heterocycles. The summed E-state index contributed by atoms with van der Waals surface area (Å²) < 4.78 is 22.9. The van der Waals surface area contributed by atoms with Crippen molar-refractivity contribution in [2.75, 3.05) is 0 Å². The summed E-state index contributed by atoms with van der Waals surface area (Å²) >= 11 is 0. The molecule has 5 nitrogen and oxygen atoms in total. The number of fused-ring (bicyclic) bond motifs is 11. The van der Waals surface area contributed by atoms with E-state index in [2.05, 4.69) is 236 Å². The fourth-order valence-corrected chi connectivity index (χ4v) is 10.2. The number of aromatic nitrogens is 4. The average Bonchev–Trinajstić information content (AvgIpc) is 3.94. The van der Waals surface area contributed by atoms with Gasteiger partial charge in [-0.05, 0) is 120 Å². The molecule has 0 spiro atoms. The minimum absolute atomic E-state index is 0. The first kappa shape index (κ1) is 43.6. The van der Waals surface area contributed by atoms with Crippen LogP contribution in [0.4, 0.5) is 0 Å². The number of para-hydroxylation sites is 2. The molecule has 0 fully saturated rings. The van der Waals surface area contributed by atoms with Gasteiger partial charge in [0.2, 0.25) is 0 Å². The molecule has 12 aromatic rings. The third kappa shape index (κ3) is 7.87. The van der Waals surface area contributed by atoms with Crippen molar-refractivity contribution in [3.05, 3.63) is 249 Å². The van der Waals surface area contributed by atoms with Gasteiger partial charge in [0.05, 0.1) is 12.8 Å². The number of imidazole rings is 1. The second-order valence-electron chi connectivity index (χ2n) is 19.1. The van der Waals surface area contributed by atoms with Gasteiger partial charge in [-0.3, -0.25) is 4.57 Å². The van der Waals surface area contributed by atoms with E-state index in [1.54, 1.807) is 4.57 Å². The number of hydrogen-bond donors (Lipinski definition) is 0. The molecule has 9 aromatic carbocycles. The van der Waals surface area contributed by atoms with E-state index in [9.17, 15) is 1.37 Å². The van der Waals surface area contributed by atoms with Gasteiger partial charge in [0.1, 0.15) is 5.82 Å². The van der Waals surface area contributed by atoms with Gasteiger partial charge in [-0.25, -0.2) is 4.98 Å². The van der Waals surface area contributed by atoms with Crippen molar-refractivity contribution in [3.63, 3.8) is 0 Å². The molecule has 0 radical (unpaired) electrons. The van der Waals surface area contributed by atoms with E-state index in [0.717, 1.165) is 94.5 Å². The molecule has 1 aliphatic rings. The number of rotatable bonds is 7. The number of nitrogens with zero attached hydrogens (tertiary/aromatic N) is 4. The van der Waals surface area contributed by atoms with Crippen LogP contribution in [0, 0.1) is 18.5 Å². The topological polar surface area (TPSA) is 35.9 Å². The van der Waals surface area contributed by atoms with E-state index in [4.69, 9.17) is 9.72 Å². The predicted molar refractivity (Wildman–Crippen MR) is 287 cm³/mol. The smallest absolute Gasteiger partial charge is 0.267 e. The summed E-state index contributed by atoms with van der Waals surface area (Å²) in [6, 6.07) is 81.2. The molecule has 1 aliphatic heterocycles. The predicted octanol–water partition coefficient (Wildman–Crippen LogP) is 16.0. The second-order valence-corrected chi connectivity index (χ2v) is 19.1. The summed E-state index contributed by atoms with van der Waals surface area (Å²) in [6.07, 6.45) is 5.88. The molecule has 0 N–H and O–H groups in total. The largest absolute Gasteiger partial charge is 0.510 e. The van der Waals surface area contributed by atoms with Crippen LogP contribution in [0.2, 0.25) is 0 Å². The van der Waals surface area contributed by atoms with Crippen molar-refractivity contribution in [1.29, 1.82) is 0 Å². The van der Waals surface area contributed by atoms with Crippen molar-refractivity contribution in [3.8, 4) is 95.6 Å². The Bertz CT molecular complexity index is 4020. The zero-order valence-corrected chi connectivity index (χ0v) is 42.1. The van der Waals surface area contributed by atoms with Crippen LogP contribution >= 0.6 is 0 Å². The Morgan fingerprint density at radius 3 is 1.82 bits per heavy atom. The number of ether oxygens (including phenoxy) is 1. The normalized spacial score (nSPS) is 11.9. The van der Waals surface area contributed by atoms with Crippen molar-refractivity contribution >= 4 is 21.8 Å². The summed E-state index contributed by atoms with van der Waals surface area (Å²) in [4.78, 5) is 4.87. The number of benzene rings is 9. The molecule has 6 heteroatoms. The quantitative estimate of drug-likeness (QED) is 0.118. The maximum atomic E-state index is 10.2.